The van der Waals surface area contributed by atoms with Crippen LogP contribution < -0.4 is 5.56 Å². The van der Waals surface area contributed by atoms with Gasteiger partial charge in [-0.3, -0.25) is 14.0 Å². The maximum absolute atomic E-state index is 10.9. The summed E-state index contributed by atoms with van der Waals surface area (Å²) in [5, 5.41) is 0.785. The number of aromatic amines is 1. The average molecular weight is 239 g/mol. The smallest absolute Gasteiger partial charge is 0.302 e. The van der Waals surface area contributed by atoms with E-state index in [2.05, 4.69) is 9.11 Å². The van der Waals surface area contributed by atoms with Gasteiger partial charge < -0.3 is 4.74 Å². The molecule has 0 fully saturated rings. The van der Waals surface area contributed by atoms with Gasteiger partial charge >= 0.3 is 5.97 Å². The van der Waals surface area contributed by atoms with Crippen molar-refractivity contribution in [1.82, 2.24) is 4.37 Å². The van der Waals surface area contributed by atoms with Crippen LogP contribution in [0.15, 0.2) is 29.1 Å². The van der Waals surface area contributed by atoms with Crippen molar-refractivity contribution in [3.8, 4) is 0 Å². The first-order chi connectivity index (χ1) is 7.65. The number of carbonyl (C=O) groups excluding carboxylic acids is 1. The Labute approximate surface area is 97.0 Å². The molecule has 0 aliphatic carbocycles. The van der Waals surface area contributed by atoms with Crippen LogP contribution in [0.3, 0.4) is 0 Å². The molecule has 1 aromatic heterocycles. The molecule has 86 valence electrons. The second-order valence-corrected chi connectivity index (χ2v) is 3.80. The van der Waals surface area contributed by atoms with Crippen LogP contribution in [-0.4, -0.2) is 16.9 Å². The van der Waals surface area contributed by atoms with Crippen molar-refractivity contribution < 1.29 is 9.53 Å². The maximum atomic E-state index is 10.9. The first-order valence-electron chi connectivity index (χ1n) is 4.84. The van der Waals surface area contributed by atoms with E-state index in [-0.39, 0.29) is 11.5 Å². The molecule has 0 saturated carbocycles. The van der Waals surface area contributed by atoms with Crippen molar-refractivity contribution >= 4 is 27.6 Å². The highest BCUT2D eigenvalue weighted by Crippen LogP contribution is 2.11. The highest BCUT2D eigenvalue weighted by molar-refractivity contribution is 7.13. The highest BCUT2D eigenvalue weighted by Gasteiger charge is 1.96. The molecule has 1 N–H and O–H groups in total. The number of hydrogen-bond acceptors (Lipinski definition) is 4. The van der Waals surface area contributed by atoms with Crippen molar-refractivity contribution in [3.05, 3.63) is 34.6 Å². The molecule has 0 radical (unpaired) electrons. The SMILES string of the molecule is CCOC(C)=O.O=c1[nH]sc2ccccc12. The van der Waals surface area contributed by atoms with Crippen molar-refractivity contribution in [2.75, 3.05) is 6.61 Å². The minimum absolute atomic E-state index is 0.0144. The van der Waals surface area contributed by atoms with Crippen LogP contribution in [0.4, 0.5) is 0 Å². The Balaban J connectivity index is 0.000000187. The quantitative estimate of drug-likeness (QED) is 0.776. The van der Waals surface area contributed by atoms with Crippen LogP contribution in [0, 0.1) is 0 Å². The Bertz CT molecular complexity index is 515. The molecular formula is C11H13NO3S. The van der Waals surface area contributed by atoms with Gasteiger partial charge in [-0.15, -0.1) is 0 Å². The van der Waals surface area contributed by atoms with Crippen molar-refractivity contribution in [2.45, 2.75) is 13.8 Å². The molecule has 0 saturated heterocycles. The Morgan fingerprint density at radius 3 is 2.62 bits per heavy atom. The predicted octanol–water partition coefficient (Wildman–Crippen LogP) is 2.16. The third kappa shape index (κ3) is 3.51. The summed E-state index contributed by atoms with van der Waals surface area (Å²) < 4.78 is 8.09. The normalized spacial score (nSPS) is 9.38. The van der Waals surface area contributed by atoms with Crippen molar-refractivity contribution in [1.29, 1.82) is 0 Å². The summed E-state index contributed by atoms with van der Waals surface area (Å²) in [4.78, 5) is 20.8. The molecule has 4 nitrogen and oxygen atoms in total. The fourth-order valence-corrected chi connectivity index (χ4v) is 1.83. The number of ether oxygens (including phenoxy) is 1. The average Bonchev–Trinajstić information content (AvgIpc) is 2.62. The number of benzene rings is 1. The molecule has 0 spiro atoms. The number of fused-ring (bicyclic) bond motifs is 1. The van der Waals surface area contributed by atoms with E-state index in [0.717, 1.165) is 10.1 Å². The molecule has 0 bridgehead atoms. The van der Waals surface area contributed by atoms with Crippen LogP contribution >= 0.6 is 11.5 Å². The van der Waals surface area contributed by atoms with Crippen LogP contribution in [0.2, 0.25) is 0 Å². The van der Waals surface area contributed by atoms with Gasteiger partial charge in [-0.05, 0) is 19.1 Å². The van der Waals surface area contributed by atoms with E-state index in [4.69, 9.17) is 0 Å². The number of aromatic nitrogens is 1. The lowest BCUT2D eigenvalue weighted by Gasteiger charge is -1.89. The molecule has 1 heterocycles. The number of carbonyl (C=O) groups is 1. The standard InChI is InChI=1S/C7H5NOS.C4H8O2/c9-7-5-3-1-2-4-6(5)10-8-7;1-3-6-4(2)5/h1-4H,(H,8,9);3H2,1-2H3. The molecule has 2 aromatic rings. The molecule has 0 aliphatic rings. The maximum Gasteiger partial charge on any atom is 0.302 e. The number of hydrogen-bond donors (Lipinski definition) is 1. The van der Waals surface area contributed by atoms with Crippen LogP contribution in [0.25, 0.3) is 10.1 Å². The zero-order valence-electron chi connectivity index (χ0n) is 9.15. The van der Waals surface area contributed by atoms with E-state index in [9.17, 15) is 9.59 Å². The molecule has 0 atom stereocenters. The topological polar surface area (TPSA) is 59.2 Å². The lowest BCUT2D eigenvalue weighted by Crippen LogP contribution is -1.95. The minimum Gasteiger partial charge on any atom is -0.466 e. The van der Waals surface area contributed by atoms with Crippen LogP contribution in [-0.2, 0) is 9.53 Å². The van der Waals surface area contributed by atoms with Gasteiger partial charge in [0.05, 0.1) is 16.7 Å². The number of rotatable bonds is 1. The Morgan fingerprint density at radius 2 is 2.12 bits per heavy atom. The van der Waals surface area contributed by atoms with E-state index < -0.39 is 0 Å². The first kappa shape index (κ1) is 12.4. The monoisotopic (exact) mass is 239 g/mol. The number of nitrogens with one attached hydrogen (secondary N) is 1. The molecule has 0 unspecified atom stereocenters. The third-order valence-electron chi connectivity index (χ3n) is 1.73. The van der Waals surface area contributed by atoms with Gasteiger partial charge in [0.15, 0.2) is 0 Å². The lowest BCUT2D eigenvalue weighted by molar-refractivity contribution is -0.140. The summed E-state index contributed by atoms with van der Waals surface area (Å²) in [7, 11) is 0. The summed E-state index contributed by atoms with van der Waals surface area (Å²) in [6.07, 6.45) is 0. The Morgan fingerprint density at radius 1 is 1.44 bits per heavy atom. The minimum atomic E-state index is -0.211. The third-order valence-corrected chi connectivity index (χ3v) is 2.60. The highest BCUT2D eigenvalue weighted by atomic mass is 32.1. The summed E-state index contributed by atoms with van der Waals surface area (Å²) in [6.45, 7) is 3.65. The number of esters is 1. The Kier molecular flexibility index (Phi) is 4.72. The molecule has 0 aliphatic heterocycles. The predicted molar refractivity (Wildman–Crippen MR) is 64.8 cm³/mol. The Hall–Kier alpha value is -1.62. The number of H-pyrrole nitrogens is 1. The van der Waals surface area contributed by atoms with Crippen LogP contribution in [0.5, 0.6) is 0 Å². The second kappa shape index (κ2) is 6.07. The molecule has 1 aromatic carbocycles. The first-order valence-corrected chi connectivity index (χ1v) is 5.66. The van der Waals surface area contributed by atoms with E-state index >= 15 is 0 Å². The fourth-order valence-electron chi connectivity index (χ4n) is 1.10. The largest absolute Gasteiger partial charge is 0.466 e. The van der Waals surface area contributed by atoms with E-state index in [0.29, 0.717) is 6.61 Å². The summed E-state index contributed by atoms with van der Waals surface area (Å²) >= 11 is 1.38. The van der Waals surface area contributed by atoms with Crippen molar-refractivity contribution in [3.63, 3.8) is 0 Å². The second-order valence-electron chi connectivity index (χ2n) is 2.95. The summed E-state index contributed by atoms with van der Waals surface area (Å²) in [5.41, 5.74) is 0.0144. The van der Waals surface area contributed by atoms with Gasteiger partial charge in [0, 0.05) is 6.92 Å². The van der Waals surface area contributed by atoms with E-state index in [1.165, 1.54) is 18.5 Å². The van der Waals surface area contributed by atoms with Gasteiger partial charge in [-0.25, -0.2) is 0 Å². The van der Waals surface area contributed by atoms with E-state index in [1.807, 2.05) is 24.3 Å². The van der Waals surface area contributed by atoms with Gasteiger partial charge in [0.25, 0.3) is 5.56 Å². The van der Waals surface area contributed by atoms with Gasteiger partial charge in [-0.2, -0.15) is 0 Å². The van der Waals surface area contributed by atoms with Gasteiger partial charge in [-0.1, -0.05) is 23.7 Å². The zero-order valence-corrected chi connectivity index (χ0v) is 9.97. The fraction of sp³-hybridized carbons (Fsp3) is 0.273. The summed E-state index contributed by atoms with van der Waals surface area (Å²) in [6, 6.07) is 7.54. The molecule has 2 rings (SSSR count). The molecule has 0 amide bonds. The molecule has 5 heteroatoms. The van der Waals surface area contributed by atoms with Gasteiger partial charge in [0.2, 0.25) is 0 Å². The van der Waals surface area contributed by atoms with Crippen LogP contribution in [0.1, 0.15) is 13.8 Å². The lowest BCUT2D eigenvalue weighted by atomic mass is 10.3. The van der Waals surface area contributed by atoms with Gasteiger partial charge in [0.1, 0.15) is 0 Å². The van der Waals surface area contributed by atoms with Crippen molar-refractivity contribution in [2.24, 2.45) is 0 Å². The molecule has 16 heavy (non-hydrogen) atoms. The molecular weight excluding hydrogens is 226 g/mol. The van der Waals surface area contributed by atoms with E-state index in [1.54, 1.807) is 6.92 Å². The summed E-state index contributed by atoms with van der Waals surface area (Å²) in [5.74, 6) is -0.211. The zero-order chi connectivity index (χ0) is 12.0.